The summed E-state index contributed by atoms with van der Waals surface area (Å²) in [4.78, 5) is 13.9. The van der Waals surface area contributed by atoms with Crippen LogP contribution in [0.5, 0.6) is 0 Å². The van der Waals surface area contributed by atoms with Crippen molar-refractivity contribution in [3.05, 3.63) is 54.1 Å². The van der Waals surface area contributed by atoms with Crippen molar-refractivity contribution in [3.8, 4) is 0 Å². The fraction of sp³-hybridized carbons (Fsp3) is 0.350. The molecule has 0 saturated heterocycles. The third-order valence-electron chi connectivity index (χ3n) is 4.65. The summed E-state index contributed by atoms with van der Waals surface area (Å²) in [6.45, 7) is 3.95. The Bertz CT molecular complexity index is 895. The second-order valence-electron chi connectivity index (χ2n) is 6.54. The van der Waals surface area contributed by atoms with Crippen molar-refractivity contribution >= 4 is 27.3 Å². The molecule has 1 heterocycles. The molecule has 0 fully saturated rings. The van der Waals surface area contributed by atoms with Crippen molar-refractivity contribution in [2.24, 2.45) is 0 Å². The molecule has 144 valence electrons. The molecule has 0 atom stereocenters. The molecule has 0 aromatic heterocycles. The first-order valence-electron chi connectivity index (χ1n) is 9.22. The maximum absolute atomic E-state index is 12.4. The van der Waals surface area contributed by atoms with E-state index in [1.807, 2.05) is 6.07 Å². The van der Waals surface area contributed by atoms with Crippen molar-refractivity contribution in [2.45, 2.75) is 31.1 Å². The van der Waals surface area contributed by atoms with E-state index in [1.54, 1.807) is 19.1 Å². The minimum Gasteiger partial charge on any atom is -0.371 e. The van der Waals surface area contributed by atoms with Gasteiger partial charge in [0, 0.05) is 37.4 Å². The van der Waals surface area contributed by atoms with Crippen molar-refractivity contribution in [3.63, 3.8) is 0 Å². The zero-order chi connectivity index (χ0) is 19.3. The summed E-state index contributed by atoms with van der Waals surface area (Å²) in [5.41, 5.74) is 3.20. The van der Waals surface area contributed by atoms with E-state index in [9.17, 15) is 13.2 Å². The normalized spacial score (nSPS) is 13.4. The highest BCUT2D eigenvalue weighted by molar-refractivity contribution is 7.89. The fourth-order valence-electron chi connectivity index (χ4n) is 3.17. The highest BCUT2D eigenvalue weighted by Crippen LogP contribution is 2.27. The van der Waals surface area contributed by atoms with Gasteiger partial charge in [0.25, 0.3) is 0 Å². The standard InChI is InChI=1S/C20H25N3O3S/c1-2-20(24)22-17-8-10-18(11-9-17)27(25,26)21-13-5-14-23-15-12-16-6-3-4-7-19(16)23/h3-4,6-11,21H,2,5,12-15H2,1H3,(H,22,24). The van der Waals surface area contributed by atoms with Crippen molar-refractivity contribution in [1.82, 2.24) is 4.72 Å². The van der Waals surface area contributed by atoms with E-state index in [0.717, 1.165) is 25.9 Å². The second-order valence-corrected chi connectivity index (χ2v) is 8.31. The van der Waals surface area contributed by atoms with Gasteiger partial charge in [0.1, 0.15) is 0 Å². The third-order valence-corrected chi connectivity index (χ3v) is 6.13. The molecule has 0 bridgehead atoms. The Morgan fingerprint density at radius 2 is 1.85 bits per heavy atom. The highest BCUT2D eigenvalue weighted by atomic mass is 32.2. The predicted octanol–water partition coefficient (Wildman–Crippen LogP) is 2.77. The van der Waals surface area contributed by atoms with Crippen molar-refractivity contribution < 1.29 is 13.2 Å². The van der Waals surface area contributed by atoms with E-state index < -0.39 is 10.0 Å². The molecule has 27 heavy (non-hydrogen) atoms. The van der Waals surface area contributed by atoms with E-state index in [4.69, 9.17) is 0 Å². The molecule has 1 aliphatic heterocycles. The topological polar surface area (TPSA) is 78.5 Å². The first-order valence-corrected chi connectivity index (χ1v) is 10.7. The fourth-order valence-corrected chi connectivity index (χ4v) is 4.24. The molecular formula is C20H25N3O3S. The Kier molecular flexibility index (Phi) is 6.13. The van der Waals surface area contributed by atoms with Gasteiger partial charge >= 0.3 is 0 Å². The van der Waals surface area contributed by atoms with E-state index in [0.29, 0.717) is 18.7 Å². The number of nitrogens with one attached hydrogen (secondary N) is 2. The van der Waals surface area contributed by atoms with Crippen LogP contribution >= 0.6 is 0 Å². The number of carbonyl (C=O) groups is 1. The summed E-state index contributed by atoms with van der Waals surface area (Å²) in [6, 6.07) is 14.6. The lowest BCUT2D eigenvalue weighted by molar-refractivity contribution is -0.115. The van der Waals surface area contributed by atoms with Crippen LogP contribution in [0.15, 0.2) is 53.4 Å². The van der Waals surface area contributed by atoms with Gasteiger partial charge in [0.15, 0.2) is 0 Å². The van der Waals surface area contributed by atoms with Gasteiger partial charge in [-0.25, -0.2) is 13.1 Å². The minimum atomic E-state index is -3.55. The molecule has 0 radical (unpaired) electrons. The maximum atomic E-state index is 12.4. The molecule has 1 amide bonds. The van der Waals surface area contributed by atoms with Crippen LogP contribution in [0.4, 0.5) is 11.4 Å². The largest absolute Gasteiger partial charge is 0.371 e. The van der Waals surface area contributed by atoms with Crippen LogP contribution in [-0.2, 0) is 21.2 Å². The summed E-state index contributed by atoms with van der Waals surface area (Å²) in [5.74, 6) is -0.104. The summed E-state index contributed by atoms with van der Waals surface area (Å²) in [6.07, 6.45) is 2.16. The van der Waals surface area contributed by atoms with E-state index in [2.05, 4.69) is 33.1 Å². The second kappa shape index (κ2) is 8.54. The quantitative estimate of drug-likeness (QED) is 0.683. The van der Waals surface area contributed by atoms with Gasteiger partial charge in [-0.2, -0.15) is 0 Å². The number of fused-ring (bicyclic) bond motifs is 1. The van der Waals surface area contributed by atoms with Gasteiger partial charge in [0.05, 0.1) is 4.90 Å². The van der Waals surface area contributed by atoms with Crippen LogP contribution in [0.1, 0.15) is 25.3 Å². The lowest BCUT2D eigenvalue weighted by atomic mass is 10.2. The number of para-hydroxylation sites is 1. The number of hydrogen-bond donors (Lipinski definition) is 2. The van der Waals surface area contributed by atoms with E-state index in [1.165, 1.54) is 23.4 Å². The number of anilines is 2. The number of hydrogen-bond acceptors (Lipinski definition) is 4. The molecule has 0 aliphatic carbocycles. The van der Waals surface area contributed by atoms with E-state index >= 15 is 0 Å². The summed E-state index contributed by atoms with van der Waals surface area (Å²) >= 11 is 0. The zero-order valence-electron chi connectivity index (χ0n) is 15.4. The van der Waals surface area contributed by atoms with Gasteiger partial charge in [-0.3, -0.25) is 4.79 Å². The number of benzene rings is 2. The number of rotatable bonds is 8. The Balaban J connectivity index is 1.49. The Morgan fingerprint density at radius 3 is 2.59 bits per heavy atom. The molecule has 2 N–H and O–H groups in total. The zero-order valence-corrected chi connectivity index (χ0v) is 16.3. The van der Waals surface area contributed by atoms with Crippen LogP contribution in [-0.4, -0.2) is 34.0 Å². The summed E-state index contributed by atoms with van der Waals surface area (Å²) < 4.78 is 27.5. The highest BCUT2D eigenvalue weighted by Gasteiger charge is 2.18. The number of carbonyl (C=O) groups excluding carboxylic acids is 1. The van der Waals surface area contributed by atoms with Gasteiger partial charge in [-0.05, 0) is 48.7 Å². The molecule has 2 aromatic carbocycles. The smallest absolute Gasteiger partial charge is 0.240 e. The SMILES string of the molecule is CCC(=O)Nc1ccc(S(=O)(=O)NCCCN2CCc3ccccc32)cc1. The molecule has 1 aliphatic rings. The Hall–Kier alpha value is -2.38. The molecule has 2 aromatic rings. The number of amides is 1. The maximum Gasteiger partial charge on any atom is 0.240 e. The lowest BCUT2D eigenvalue weighted by Crippen LogP contribution is -2.29. The Morgan fingerprint density at radius 1 is 1.11 bits per heavy atom. The summed E-state index contributed by atoms with van der Waals surface area (Å²) in [7, 11) is -3.55. The van der Waals surface area contributed by atoms with Crippen LogP contribution in [0, 0.1) is 0 Å². The lowest BCUT2D eigenvalue weighted by Gasteiger charge is -2.19. The molecule has 0 unspecified atom stereocenters. The van der Waals surface area contributed by atoms with Crippen LogP contribution in [0.2, 0.25) is 0 Å². The van der Waals surface area contributed by atoms with E-state index in [-0.39, 0.29) is 10.8 Å². The van der Waals surface area contributed by atoms with Gasteiger partial charge in [0.2, 0.25) is 15.9 Å². The number of nitrogens with zero attached hydrogens (tertiary/aromatic N) is 1. The average molecular weight is 388 g/mol. The molecule has 6 nitrogen and oxygen atoms in total. The number of sulfonamides is 1. The molecule has 7 heteroatoms. The first kappa shape index (κ1) is 19.4. The monoisotopic (exact) mass is 387 g/mol. The minimum absolute atomic E-state index is 0.104. The van der Waals surface area contributed by atoms with Crippen molar-refractivity contribution in [2.75, 3.05) is 29.9 Å². The molecule has 3 rings (SSSR count). The third kappa shape index (κ3) is 4.87. The summed E-state index contributed by atoms with van der Waals surface area (Å²) in [5, 5.41) is 2.70. The average Bonchev–Trinajstić information content (AvgIpc) is 3.09. The molecule has 0 spiro atoms. The predicted molar refractivity (Wildman–Crippen MR) is 108 cm³/mol. The molecule has 0 saturated carbocycles. The van der Waals surface area contributed by atoms with Crippen LogP contribution < -0.4 is 14.9 Å². The van der Waals surface area contributed by atoms with Gasteiger partial charge in [-0.15, -0.1) is 0 Å². The Labute approximate surface area is 160 Å². The first-order chi connectivity index (χ1) is 13.0. The van der Waals surface area contributed by atoms with Gasteiger partial charge < -0.3 is 10.2 Å². The van der Waals surface area contributed by atoms with Crippen LogP contribution in [0.25, 0.3) is 0 Å². The molecular weight excluding hydrogens is 362 g/mol. The van der Waals surface area contributed by atoms with Crippen LogP contribution in [0.3, 0.4) is 0 Å². The van der Waals surface area contributed by atoms with Gasteiger partial charge in [-0.1, -0.05) is 25.1 Å². The van der Waals surface area contributed by atoms with Crippen molar-refractivity contribution in [1.29, 1.82) is 0 Å².